The van der Waals surface area contributed by atoms with Crippen molar-refractivity contribution < 1.29 is 9.18 Å². The third-order valence-electron chi connectivity index (χ3n) is 4.33. The number of nitrogens with one attached hydrogen (secondary N) is 1. The first-order valence-corrected chi connectivity index (χ1v) is 9.99. The van der Waals surface area contributed by atoms with E-state index in [9.17, 15) is 9.18 Å². The van der Waals surface area contributed by atoms with E-state index in [1.54, 1.807) is 23.9 Å². The summed E-state index contributed by atoms with van der Waals surface area (Å²) in [6.07, 6.45) is 2.34. The second kappa shape index (κ2) is 10.0. The van der Waals surface area contributed by atoms with Crippen LogP contribution in [0, 0.1) is 17.7 Å². The summed E-state index contributed by atoms with van der Waals surface area (Å²) in [5, 5.41) is 2.99. The Morgan fingerprint density at radius 1 is 1.25 bits per heavy atom. The summed E-state index contributed by atoms with van der Waals surface area (Å²) in [6, 6.07) is 6.44. The van der Waals surface area contributed by atoms with Crippen molar-refractivity contribution in [1.82, 2.24) is 10.2 Å². The van der Waals surface area contributed by atoms with Gasteiger partial charge in [0, 0.05) is 25.4 Å². The summed E-state index contributed by atoms with van der Waals surface area (Å²) in [5.41, 5.74) is 1.04. The second-order valence-electron chi connectivity index (χ2n) is 7.03. The normalized spacial score (nSPS) is 21.6. The van der Waals surface area contributed by atoms with Gasteiger partial charge in [0.2, 0.25) is 5.91 Å². The molecule has 0 aliphatic carbocycles. The Hall–Kier alpha value is -1.07. The number of hydrogen-bond acceptors (Lipinski definition) is 3. The number of carbonyl (C=O) groups excluding carboxylic acids is 1. The molecule has 1 N–H and O–H groups in total. The lowest BCUT2D eigenvalue weighted by atomic mass is 9.92. The van der Waals surface area contributed by atoms with Gasteiger partial charge in [0.05, 0.1) is 5.75 Å². The number of halogens is 1. The van der Waals surface area contributed by atoms with Crippen molar-refractivity contribution in [1.29, 1.82) is 0 Å². The average molecular weight is 353 g/mol. The van der Waals surface area contributed by atoms with E-state index in [1.165, 1.54) is 31.6 Å². The summed E-state index contributed by atoms with van der Waals surface area (Å²) < 4.78 is 12.8. The van der Waals surface area contributed by atoms with Gasteiger partial charge in [-0.25, -0.2) is 4.39 Å². The zero-order chi connectivity index (χ0) is 17.4. The second-order valence-corrected chi connectivity index (χ2v) is 8.01. The molecule has 0 radical (unpaired) electrons. The highest BCUT2D eigenvalue weighted by Crippen LogP contribution is 2.20. The molecule has 3 nitrogen and oxygen atoms in total. The summed E-state index contributed by atoms with van der Waals surface area (Å²) in [7, 11) is 0. The van der Waals surface area contributed by atoms with E-state index in [0.29, 0.717) is 5.75 Å². The van der Waals surface area contributed by atoms with Gasteiger partial charge in [-0.3, -0.25) is 4.79 Å². The quantitative estimate of drug-likeness (QED) is 0.726. The molecule has 5 heteroatoms. The summed E-state index contributed by atoms with van der Waals surface area (Å²) in [4.78, 5) is 14.4. The summed E-state index contributed by atoms with van der Waals surface area (Å²) in [6.45, 7) is 8.83. The fourth-order valence-electron chi connectivity index (χ4n) is 3.40. The van der Waals surface area contributed by atoms with E-state index in [0.717, 1.165) is 42.7 Å². The van der Waals surface area contributed by atoms with Crippen LogP contribution in [-0.4, -0.2) is 42.7 Å². The van der Waals surface area contributed by atoms with Crippen molar-refractivity contribution >= 4 is 17.7 Å². The molecule has 1 heterocycles. The molecule has 0 bridgehead atoms. The van der Waals surface area contributed by atoms with E-state index in [4.69, 9.17) is 0 Å². The molecule has 1 aromatic carbocycles. The first kappa shape index (κ1) is 19.3. The van der Waals surface area contributed by atoms with Gasteiger partial charge in [0.25, 0.3) is 0 Å². The van der Waals surface area contributed by atoms with Crippen LogP contribution in [0.3, 0.4) is 0 Å². The molecule has 1 saturated heterocycles. The van der Waals surface area contributed by atoms with E-state index >= 15 is 0 Å². The lowest BCUT2D eigenvalue weighted by molar-refractivity contribution is -0.118. The Bertz CT molecular complexity index is 499. The molecule has 0 spiro atoms. The number of hydrogen-bond donors (Lipinski definition) is 1. The minimum absolute atomic E-state index is 0.0856. The standard InChI is InChI=1S/C19H29FN2OS/c1-15-10-16(2)12-22(11-15)9-3-8-21-19(23)14-24-13-17-4-6-18(20)7-5-17/h4-7,15-16H,3,8-14H2,1-2H3,(H,21,23)/t15-,16-/m1/s1. The van der Waals surface area contributed by atoms with E-state index < -0.39 is 0 Å². The third kappa shape index (κ3) is 7.22. The molecule has 1 amide bonds. The van der Waals surface area contributed by atoms with Crippen LogP contribution in [-0.2, 0) is 10.5 Å². The van der Waals surface area contributed by atoms with Crippen LogP contribution in [0.4, 0.5) is 4.39 Å². The maximum atomic E-state index is 12.8. The van der Waals surface area contributed by atoms with Crippen molar-refractivity contribution in [2.45, 2.75) is 32.4 Å². The lowest BCUT2D eigenvalue weighted by Gasteiger charge is -2.34. The van der Waals surface area contributed by atoms with Gasteiger partial charge in [-0.05, 0) is 48.9 Å². The molecular weight excluding hydrogens is 323 g/mol. The molecule has 1 aromatic rings. The largest absolute Gasteiger partial charge is 0.355 e. The lowest BCUT2D eigenvalue weighted by Crippen LogP contribution is -2.40. The van der Waals surface area contributed by atoms with Crippen LogP contribution in [0.1, 0.15) is 32.3 Å². The highest BCUT2D eigenvalue weighted by molar-refractivity contribution is 7.99. The molecule has 0 unspecified atom stereocenters. The molecule has 2 atom stereocenters. The van der Waals surface area contributed by atoms with Crippen LogP contribution >= 0.6 is 11.8 Å². The van der Waals surface area contributed by atoms with Gasteiger partial charge in [0.1, 0.15) is 5.82 Å². The van der Waals surface area contributed by atoms with Crippen molar-refractivity contribution in [3.05, 3.63) is 35.6 Å². The Balaban J connectivity index is 1.52. The topological polar surface area (TPSA) is 32.3 Å². The number of amides is 1. The molecule has 0 aromatic heterocycles. The van der Waals surface area contributed by atoms with Gasteiger partial charge in [-0.15, -0.1) is 11.8 Å². The molecule has 1 aliphatic heterocycles. The monoisotopic (exact) mass is 352 g/mol. The third-order valence-corrected chi connectivity index (χ3v) is 5.34. The van der Waals surface area contributed by atoms with E-state index in [-0.39, 0.29) is 11.7 Å². The molecule has 24 heavy (non-hydrogen) atoms. The summed E-state index contributed by atoms with van der Waals surface area (Å²) >= 11 is 1.56. The number of thioether (sulfide) groups is 1. The Morgan fingerprint density at radius 3 is 2.58 bits per heavy atom. The Labute approximate surface area is 149 Å². The molecule has 1 aliphatic rings. The first-order valence-electron chi connectivity index (χ1n) is 8.84. The number of rotatable bonds is 8. The molecule has 0 saturated carbocycles. The first-order chi connectivity index (χ1) is 11.5. The highest BCUT2D eigenvalue weighted by atomic mass is 32.2. The smallest absolute Gasteiger partial charge is 0.230 e. The number of nitrogens with zero attached hydrogens (tertiary/aromatic N) is 1. The maximum absolute atomic E-state index is 12.8. The molecule has 2 rings (SSSR count). The van der Waals surface area contributed by atoms with Crippen molar-refractivity contribution in [3.63, 3.8) is 0 Å². The van der Waals surface area contributed by atoms with Crippen LogP contribution in [0.5, 0.6) is 0 Å². The van der Waals surface area contributed by atoms with Crippen molar-refractivity contribution in [3.8, 4) is 0 Å². The zero-order valence-electron chi connectivity index (χ0n) is 14.8. The van der Waals surface area contributed by atoms with Crippen LogP contribution < -0.4 is 5.32 Å². The maximum Gasteiger partial charge on any atom is 0.230 e. The molecular formula is C19H29FN2OS. The van der Waals surface area contributed by atoms with E-state index in [1.807, 2.05) is 0 Å². The molecule has 134 valence electrons. The minimum Gasteiger partial charge on any atom is -0.355 e. The zero-order valence-corrected chi connectivity index (χ0v) is 15.6. The molecule has 1 fully saturated rings. The summed E-state index contributed by atoms with van der Waals surface area (Å²) in [5.74, 6) is 2.62. The number of benzene rings is 1. The van der Waals surface area contributed by atoms with Crippen molar-refractivity contribution in [2.75, 3.05) is 31.9 Å². The Kier molecular flexibility index (Phi) is 8.06. The van der Waals surface area contributed by atoms with Gasteiger partial charge in [-0.1, -0.05) is 26.0 Å². The van der Waals surface area contributed by atoms with Gasteiger partial charge in [0.15, 0.2) is 0 Å². The predicted molar refractivity (Wildman–Crippen MR) is 99.6 cm³/mol. The van der Waals surface area contributed by atoms with Gasteiger partial charge >= 0.3 is 0 Å². The van der Waals surface area contributed by atoms with Gasteiger partial charge < -0.3 is 10.2 Å². The average Bonchev–Trinajstić information content (AvgIpc) is 2.53. The Morgan fingerprint density at radius 2 is 1.92 bits per heavy atom. The minimum atomic E-state index is -0.223. The SMILES string of the molecule is C[C@@H]1C[C@@H](C)CN(CCCNC(=O)CSCc2ccc(F)cc2)C1. The number of likely N-dealkylation sites (tertiary alicyclic amines) is 1. The predicted octanol–water partition coefficient (Wildman–Crippen LogP) is 3.54. The van der Waals surface area contributed by atoms with Crippen molar-refractivity contribution in [2.24, 2.45) is 11.8 Å². The van der Waals surface area contributed by atoms with Crippen LogP contribution in [0.15, 0.2) is 24.3 Å². The van der Waals surface area contributed by atoms with E-state index in [2.05, 4.69) is 24.1 Å². The van der Waals surface area contributed by atoms with Crippen LogP contribution in [0.2, 0.25) is 0 Å². The fourth-order valence-corrected chi connectivity index (χ4v) is 4.22. The van der Waals surface area contributed by atoms with Gasteiger partial charge in [-0.2, -0.15) is 0 Å². The number of carbonyl (C=O) groups is 1. The number of piperidine rings is 1. The van der Waals surface area contributed by atoms with Crippen LogP contribution in [0.25, 0.3) is 0 Å². The highest BCUT2D eigenvalue weighted by Gasteiger charge is 2.20. The fraction of sp³-hybridized carbons (Fsp3) is 0.632.